The third kappa shape index (κ3) is 3.35. The number of nitrogens with zero attached hydrogens (tertiary/aromatic N) is 3. The van der Waals surface area contributed by atoms with Crippen molar-refractivity contribution in [2.45, 2.75) is 19.0 Å². The molecule has 4 rings (SSSR count). The van der Waals surface area contributed by atoms with E-state index in [2.05, 4.69) is 15.0 Å². The molecular formula is C17H18N4O3S. The molecule has 0 saturated carbocycles. The molecule has 8 heteroatoms. The van der Waals surface area contributed by atoms with E-state index in [0.717, 1.165) is 22.3 Å². The van der Waals surface area contributed by atoms with E-state index in [0.29, 0.717) is 13.0 Å². The molecule has 0 spiro atoms. The summed E-state index contributed by atoms with van der Waals surface area (Å²) >= 11 is 0. The second kappa shape index (κ2) is 6.45. The van der Waals surface area contributed by atoms with Gasteiger partial charge in [0.25, 0.3) is 0 Å². The maximum atomic E-state index is 12.5. The molecule has 2 heterocycles. The topological polar surface area (TPSA) is 86.1 Å². The van der Waals surface area contributed by atoms with Gasteiger partial charge in [0.05, 0.1) is 30.5 Å². The highest BCUT2D eigenvalue weighted by Gasteiger charge is 2.25. The molecule has 25 heavy (non-hydrogen) atoms. The zero-order valence-corrected chi connectivity index (χ0v) is 14.3. The first-order valence-electron chi connectivity index (χ1n) is 8.12. The SMILES string of the molecule is O=S(=O)(CCn1nnc2ccccc21)N[C@H]1CCOc2ccccc21. The Hall–Kier alpha value is -2.45. The summed E-state index contributed by atoms with van der Waals surface area (Å²) in [6, 6.07) is 14.7. The van der Waals surface area contributed by atoms with Crippen molar-refractivity contribution in [1.29, 1.82) is 0 Å². The maximum Gasteiger partial charge on any atom is 0.213 e. The lowest BCUT2D eigenvalue weighted by Crippen LogP contribution is -2.34. The molecule has 0 amide bonds. The summed E-state index contributed by atoms with van der Waals surface area (Å²) in [7, 11) is -3.46. The fourth-order valence-corrected chi connectivity index (χ4v) is 4.24. The summed E-state index contributed by atoms with van der Waals surface area (Å²) in [6.07, 6.45) is 0.614. The first kappa shape index (κ1) is 16.0. The normalized spacial score (nSPS) is 17.2. The smallest absolute Gasteiger partial charge is 0.213 e. The van der Waals surface area contributed by atoms with Crippen LogP contribution in [-0.4, -0.2) is 35.8 Å². The Morgan fingerprint density at radius 1 is 1.16 bits per heavy atom. The Balaban J connectivity index is 1.48. The van der Waals surface area contributed by atoms with Crippen LogP contribution in [0.25, 0.3) is 11.0 Å². The van der Waals surface area contributed by atoms with Gasteiger partial charge in [-0.2, -0.15) is 0 Å². The van der Waals surface area contributed by atoms with E-state index in [1.807, 2.05) is 48.5 Å². The van der Waals surface area contributed by atoms with Crippen LogP contribution in [0, 0.1) is 0 Å². The largest absolute Gasteiger partial charge is 0.493 e. The van der Waals surface area contributed by atoms with Gasteiger partial charge in [-0.25, -0.2) is 17.8 Å². The summed E-state index contributed by atoms with van der Waals surface area (Å²) in [5, 5.41) is 8.08. The van der Waals surface area contributed by atoms with Crippen molar-refractivity contribution in [3.8, 4) is 5.75 Å². The van der Waals surface area contributed by atoms with Gasteiger partial charge < -0.3 is 4.74 Å². The molecule has 1 aromatic heterocycles. The number of sulfonamides is 1. The van der Waals surface area contributed by atoms with Crippen LogP contribution < -0.4 is 9.46 Å². The first-order chi connectivity index (χ1) is 12.1. The fraction of sp³-hybridized carbons (Fsp3) is 0.294. The Bertz CT molecular complexity index is 1000. The van der Waals surface area contributed by atoms with Gasteiger partial charge in [-0.1, -0.05) is 35.5 Å². The molecule has 1 N–H and O–H groups in total. The Morgan fingerprint density at radius 3 is 2.88 bits per heavy atom. The second-order valence-electron chi connectivity index (χ2n) is 5.97. The number of hydrogen-bond acceptors (Lipinski definition) is 5. The predicted molar refractivity (Wildman–Crippen MR) is 93.7 cm³/mol. The zero-order valence-electron chi connectivity index (χ0n) is 13.5. The average Bonchev–Trinajstić information content (AvgIpc) is 3.03. The number of ether oxygens (including phenoxy) is 1. The molecule has 1 aliphatic heterocycles. The summed E-state index contributed by atoms with van der Waals surface area (Å²) in [4.78, 5) is 0. The highest BCUT2D eigenvalue weighted by Crippen LogP contribution is 2.31. The van der Waals surface area contributed by atoms with E-state index in [1.54, 1.807) is 4.68 Å². The van der Waals surface area contributed by atoms with Crippen molar-refractivity contribution in [1.82, 2.24) is 19.7 Å². The number of nitrogens with one attached hydrogen (secondary N) is 1. The molecule has 1 aliphatic rings. The molecule has 0 unspecified atom stereocenters. The quantitative estimate of drug-likeness (QED) is 0.752. The van der Waals surface area contributed by atoms with Crippen molar-refractivity contribution in [3.05, 3.63) is 54.1 Å². The molecule has 0 aliphatic carbocycles. The minimum Gasteiger partial charge on any atom is -0.493 e. The molecular weight excluding hydrogens is 340 g/mol. The van der Waals surface area contributed by atoms with Crippen molar-refractivity contribution >= 4 is 21.1 Å². The summed E-state index contributed by atoms with van der Waals surface area (Å²) in [5.74, 6) is 0.684. The van der Waals surface area contributed by atoms with Crippen LogP contribution >= 0.6 is 0 Å². The molecule has 3 aromatic rings. The highest BCUT2D eigenvalue weighted by atomic mass is 32.2. The fourth-order valence-electron chi connectivity index (χ4n) is 3.03. The third-order valence-corrected chi connectivity index (χ3v) is 5.64. The molecule has 2 aromatic carbocycles. The Labute approximate surface area is 145 Å². The second-order valence-corrected chi connectivity index (χ2v) is 7.84. The number of hydrogen-bond donors (Lipinski definition) is 1. The van der Waals surface area contributed by atoms with Crippen LogP contribution in [0.2, 0.25) is 0 Å². The van der Waals surface area contributed by atoms with Gasteiger partial charge in [-0.3, -0.25) is 0 Å². The van der Waals surface area contributed by atoms with Crippen molar-refractivity contribution in [3.63, 3.8) is 0 Å². The minimum atomic E-state index is -3.46. The van der Waals surface area contributed by atoms with E-state index in [9.17, 15) is 8.42 Å². The summed E-state index contributed by atoms with van der Waals surface area (Å²) in [5.41, 5.74) is 2.46. The number of para-hydroxylation sites is 2. The lowest BCUT2D eigenvalue weighted by Gasteiger charge is -2.26. The van der Waals surface area contributed by atoms with E-state index in [4.69, 9.17) is 4.74 Å². The van der Waals surface area contributed by atoms with Gasteiger partial charge in [0.1, 0.15) is 11.3 Å². The van der Waals surface area contributed by atoms with Gasteiger partial charge >= 0.3 is 0 Å². The van der Waals surface area contributed by atoms with Crippen LogP contribution in [0.3, 0.4) is 0 Å². The Morgan fingerprint density at radius 2 is 1.96 bits per heavy atom. The predicted octanol–water partition coefficient (Wildman–Crippen LogP) is 1.87. The summed E-state index contributed by atoms with van der Waals surface area (Å²) in [6.45, 7) is 0.749. The van der Waals surface area contributed by atoms with E-state index in [1.165, 1.54) is 0 Å². The lowest BCUT2D eigenvalue weighted by molar-refractivity contribution is 0.263. The standard InChI is InChI=1S/C17H18N4O3S/c22-25(23,12-10-21-16-7-3-2-6-15(16)18-20-21)19-14-9-11-24-17-8-4-1-5-13(14)17/h1-8,14,19H,9-12H2/t14-/m0/s1. The Kier molecular flexibility index (Phi) is 4.14. The molecule has 130 valence electrons. The molecule has 1 atom stereocenters. The molecule has 0 fully saturated rings. The van der Waals surface area contributed by atoms with E-state index >= 15 is 0 Å². The van der Waals surface area contributed by atoms with Crippen LogP contribution in [0.4, 0.5) is 0 Å². The van der Waals surface area contributed by atoms with Crippen molar-refractivity contribution in [2.24, 2.45) is 0 Å². The molecule has 0 radical (unpaired) electrons. The van der Waals surface area contributed by atoms with Gasteiger partial charge in [0.15, 0.2) is 0 Å². The van der Waals surface area contributed by atoms with Gasteiger partial charge in [0, 0.05) is 12.0 Å². The number of benzene rings is 2. The number of aryl methyl sites for hydroxylation is 1. The highest BCUT2D eigenvalue weighted by molar-refractivity contribution is 7.89. The van der Waals surface area contributed by atoms with E-state index in [-0.39, 0.29) is 18.3 Å². The van der Waals surface area contributed by atoms with Crippen molar-refractivity contribution < 1.29 is 13.2 Å². The van der Waals surface area contributed by atoms with Crippen LogP contribution in [0.5, 0.6) is 5.75 Å². The monoisotopic (exact) mass is 358 g/mol. The van der Waals surface area contributed by atoms with Crippen LogP contribution in [0.15, 0.2) is 48.5 Å². The maximum absolute atomic E-state index is 12.5. The first-order valence-corrected chi connectivity index (χ1v) is 9.77. The number of rotatable bonds is 5. The van der Waals surface area contributed by atoms with Crippen molar-refractivity contribution in [2.75, 3.05) is 12.4 Å². The molecule has 0 saturated heterocycles. The summed E-state index contributed by atoms with van der Waals surface area (Å²) < 4.78 is 35.0. The van der Waals surface area contributed by atoms with Crippen LogP contribution in [0.1, 0.15) is 18.0 Å². The zero-order chi connectivity index (χ0) is 17.3. The number of aromatic nitrogens is 3. The van der Waals surface area contributed by atoms with E-state index < -0.39 is 10.0 Å². The van der Waals surface area contributed by atoms with Gasteiger partial charge in [-0.15, -0.1) is 5.10 Å². The third-order valence-electron chi connectivity index (χ3n) is 4.27. The van der Waals surface area contributed by atoms with Gasteiger partial charge in [-0.05, 0) is 18.2 Å². The lowest BCUT2D eigenvalue weighted by atomic mass is 10.0. The van der Waals surface area contributed by atoms with Gasteiger partial charge in [0.2, 0.25) is 10.0 Å². The van der Waals surface area contributed by atoms with Crippen LogP contribution in [-0.2, 0) is 16.6 Å². The molecule has 0 bridgehead atoms. The molecule has 7 nitrogen and oxygen atoms in total. The number of fused-ring (bicyclic) bond motifs is 2. The average molecular weight is 358 g/mol. The minimum absolute atomic E-state index is 0.0557.